The zero-order valence-electron chi connectivity index (χ0n) is 14.5. The number of carbonyl (C=O) groups is 2. The highest BCUT2D eigenvalue weighted by atomic mass is 32.2. The Balaban J connectivity index is 1.63. The van der Waals surface area contributed by atoms with E-state index >= 15 is 0 Å². The van der Waals surface area contributed by atoms with E-state index in [2.05, 4.69) is 41.4 Å². The molecular formula is C18H25N3O2S. The first-order valence-corrected chi connectivity index (χ1v) is 9.41. The minimum absolute atomic E-state index is 0.132. The largest absolute Gasteiger partial charge is 0.371 e. The first kappa shape index (κ1) is 17.1. The number of hydrogen-bond donors (Lipinski definition) is 1. The Hall–Kier alpha value is -1.69. The van der Waals surface area contributed by atoms with E-state index in [1.807, 2.05) is 11.8 Å². The van der Waals surface area contributed by atoms with Crippen LogP contribution in [0.3, 0.4) is 0 Å². The van der Waals surface area contributed by atoms with Gasteiger partial charge < -0.3 is 10.2 Å². The van der Waals surface area contributed by atoms with Gasteiger partial charge in [-0.05, 0) is 38.8 Å². The first-order valence-electron chi connectivity index (χ1n) is 8.53. The second-order valence-electron chi connectivity index (χ2n) is 7.04. The maximum atomic E-state index is 12.2. The highest BCUT2D eigenvalue weighted by Gasteiger charge is 2.43. The zero-order chi connectivity index (χ0) is 17.3. The molecule has 3 rings (SSSR count). The molecular weight excluding hydrogens is 322 g/mol. The molecule has 1 aromatic carbocycles. The number of rotatable bonds is 4. The van der Waals surface area contributed by atoms with Crippen LogP contribution >= 0.6 is 11.8 Å². The summed E-state index contributed by atoms with van der Waals surface area (Å²) in [5.74, 6) is -0.132. The Labute approximate surface area is 147 Å². The summed E-state index contributed by atoms with van der Waals surface area (Å²) in [6.07, 6.45) is 1.91. The zero-order valence-corrected chi connectivity index (χ0v) is 15.4. The fourth-order valence-corrected chi connectivity index (χ4v) is 4.36. The molecule has 24 heavy (non-hydrogen) atoms. The van der Waals surface area contributed by atoms with Gasteiger partial charge in [0, 0.05) is 29.8 Å². The lowest BCUT2D eigenvalue weighted by atomic mass is 10.1. The fourth-order valence-electron chi connectivity index (χ4n) is 3.22. The van der Waals surface area contributed by atoms with Crippen LogP contribution in [0.15, 0.2) is 29.2 Å². The molecule has 0 aliphatic carbocycles. The number of hydrogen-bond acceptors (Lipinski definition) is 4. The molecule has 0 bridgehead atoms. The van der Waals surface area contributed by atoms with Crippen LogP contribution in [0.5, 0.6) is 0 Å². The molecule has 6 heteroatoms. The van der Waals surface area contributed by atoms with Gasteiger partial charge in [0.1, 0.15) is 5.54 Å². The van der Waals surface area contributed by atoms with Gasteiger partial charge in [0.25, 0.3) is 5.91 Å². The van der Waals surface area contributed by atoms with Gasteiger partial charge in [-0.2, -0.15) is 0 Å². The Morgan fingerprint density at radius 2 is 2.00 bits per heavy atom. The number of imide groups is 1. The molecule has 2 aliphatic heterocycles. The number of anilines is 1. The summed E-state index contributed by atoms with van der Waals surface area (Å²) >= 11 is 1.93. The van der Waals surface area contributed by atoms with Crippen molar-refractivity contribution in [2.24, 2.45) is 0 Å². The number of fused-ring (bicyclic) bond motifs is 1. The Morgan fingerprint density at radius 1 is 1.25 bits per heavy atom. The van der Waals surface area contributed by atoms with E-state index in [0.29, 0.717) is 11.8 Å². The molecule has 3 amide bonds. The van der Waals surface area contributed by atoms with Crippen molar-refractivity contribution in [3.63, 3.8) is 0 Å². The van der Waals surface area contributed by atoms with E-state index < -0.39 is 5.54 Å². The SMILES string of the molecule is CC1CCN(CCCN2C(=O)NC(C)(C)C2=O)c2ccccc2S1. The highest BCUT2D eigenvalue weighted by molar-refractivity contribution is 8.00. The quantitative estimate of drug-likeness (QED) is 0.851. The van der Waals surface area contributed by atoms with Crippen LogP contribution in [-0.4, -0.2) is 47.3 Å². The molecule has 1 saturated heterocycles. The van der Waals surface area contributed by atoms with Crippen LogP contribution in [0.25, 0.3) is 0 Å². The lowest BCUT2D eigenvalue weighted by molar-refractivity contribution is -0.130. The maximum absolute atomic E-state index is 12.2. The third-order valence-corrected chi connectivity index (χ3v) is 5.83. The number of benzene rings is 1. The monoisotopic (exact) mass is 347 g/mol. The normalized spacial score (nSPS) is 23.0. The molecule has 5 nitrogen and oxygen atoms in total. The predicted octanol–water partition coefficient (Wildman–Crippen LogP) is 3.10. The minimum atomic E-state index is -0.779. The van der Waals surface area contributed by atoms with Crippen LogP contribution in [0.4, 0.5) is 10.5 Å². The number of para-hydroxylation sites is 1. The van der Waals surface area contributed by atoms with Gasteiger partial charge in [0.05, 0.1) is 5.69 Å². The average Bonchev–Trinajstić information content (AvgIpc) is 2.65. The Morgan fingerprint density at radius 3 is 2.71 bits per heavy atom. The van der Waals surface area contributed by atoms with Gasteiger partial charge in [-0.3, -0.25) is 9.69 Å². The lowest BCUT2D eigenvalue weighted by Crippen LogP contribution is -2.40. The van der Waals surface area contributed by atoms with E-state index in [1.165, 1.54) is 15.5 Å². The predicted molar refractivity (Wildman–Crippen MR) is 97.5 cm³/mol. The molecule has 1 aromatic rings. The maximum Gasteiger partial charge on any atom is 0.325 e. The second-order valence-corrected chi connectivity index (χ2v) is 8.52. The van der Waals surface area contributed by atoms with E-state index in [1.54, 1.807) is 13.8 Å². The van der Waals surface area contributed by atoms with Crippen molar-refractivity contribution < 1.29 is 9.59 Å². The summed E-state index contributed by atoms with van der Waals surface area (Å²) < 4.78 is 0. The topological polar surface area (TPSA) is 52.6 Å². The van der Waals surface area contributed by atoms with Gasteiger partial charge >= 0.3 is 6.03 Å². The van der Waals surface area contributed by atoms with Crippen molar-refractivity contribution >= 4 is 29.4 Å². The Bertz CT molecular complexity index is 647. The van der Waals surface area contributed by atoms with Crippen LogP contribution in [0.1, 0.15) is 33.6 Å². The third kappa shape index (κ3) is 3.38. The molecule has 0 spiro atoms. The molecule has 0 aromatic heterocycles. The molecule has 2 heterocycles. The van der Waals surface area contributed by atoms with Gasteiger partial charge in [0.15, 0.2) is 0 Å². The number of nitrogens with one attached hydrogen (secondary N) is 1. The van der Waals surface area contributed by atoms with E-state index in [4.69, 9.17) is 0 Å². The first-order chi connectivity index (χ1) is 11.4. The van der Waals surface area contributed by atoms with Gasteiger partial charge in [-0.1, -0.05) is 19.1 Å². The van der Waals surface area contributed by atoms with Crippen LogP contribution < -0.4 is 10.2 Å². The van der Waals surface area contributed by atoms with Crippen LogP contribution in [0, 0.1) is 0 Å². The smallest absolute Gasteiger partial charge is 0.325 e. The summed E-state index contributed by atoms with van der Waals surface area (Å²) in [6, 6.07) is 8.22. The van der Waals surface area contributed by atoms with Crippen LogP contribution in [-0.2, 0) is 4.79 Å². The van der Waals surface area contributed by atoms with Crippen molar-refractivity contribution in [3.05, 3.63) is 24.3 Å². The van der Waals surface area contributed by atoms with Crippen molar-refractivity contribution in [2.75, 3.05) is 24.5 Å². The molecule has 1 fully saturated rings. The number of nitrogens with zero attached hydrogens (tertiary/aromatic N) is 2. The summed E-state index contributed by atoms with van der Waals surface area (Å²) in [6.45, 7) is 8.09. The number of thioether (sulfide) groups is 1. The summed E-state index contributed by atoms with van der Waals surface area (Å²) in [7, 11) is 0. The Kier molecular flexibility index (Phi) is 4.76. The van der Waals surface area contributed by atoms with Gasteiger partial charge in [-0.25, -0.2) is 4.79 Å². The minimum Gasteiger partial charge on any atom is -0.371 e. The van der Waals surface area contributed by atoms with E-state index in [9.17, 15) is 9.59 Å². The van der Waals surface area contributed by atoms with Gasteiger partial charge in [-0.15, -0.1) is 11.8 Å². The van der Waals surface area contributed by atoms with Crippen molar-refractivity contribution in [3.8, 4) is 0 Å². The summed E-state index contributed by atoms with van der Waals surface area (Å²) in [5.41, 5.74) is 0.489. The molecule has 1 atom stereocenters. The van der Waals surface area contributed by atoms with E-state index in [0.717, 1.165) is 25.9 Å². The molecule has 0 radical (unpaired) electrons. The summed E-state index contributed by atoms with van der Waals surface area (Å²) in [5, 5.41) is 3.33. The highest BCUT2D eigenvalue weighted by Crippen LogP contribution is 2.37. The van der Waals surface area contributed by atoms with Crippen molar-refractivity contribution in [2.45, 2.75) is 49.3 Å². The molecule has 130 valence electrons. The molecule has 2 aliphatic rings. The van der Waals surface area contributed by atoms with E-state index in [-0.39, 0.29) is 11.9 Å². The number of amides is 3. The van der Waals surface area contributed by atoms with Gasteiger partial charge in [0.2, 0.25) is 0 Å². The standard InChI is InChI=1S/C18H25N3O2S/c1-13-9-12-20(14-7-4-5-8-15(14)24-13)10-6-11-21-16(22)18(2,3)19-17(21)23/h4-5,7-8,13H,6,9-12H2,1-3H3,(H,19,23). The number of urea groups is 1. The molecule has 1 N–H and O–H groups in total. The number of carbonyl (C=O) groups excluding carboxylic acids is 2. The average molecular weight is 347 g/mol. The third-order valence-electron chi connectivity index (χ3n) is 4.59. The van der Waals surface area contributed by atoms with Crippen LogP contribution in [0.2, 0.25) is 0 Å². The molecule has 1 unspecified atom stereocenters. The second kappa shape index (κ2) is 6.67. The van der Waals surface area contributed by atoms with Crippen molar-refractivity contribution in [1.82, 2.24) is 10.2 Å². The lowest BCUT2D eigenvalue weighted by Gasteiger charge is -2.25. The van der Waals surface area contributed by atoms with Crippen molar-refractivity contribution in [1.29, 1.82) is 0 Å². The fraction of sp³-hybridized carbons (Fsp3) is 0.556. The molecule has 0 saturated carbocycles. The summed E-state index contributed by atoms with van der Waals surface area (Å²) in [4.78, 5) is 29.2.